The molecule has 4 N–H and O–H groups in total. The molecule has 7 rings (SSSR count). The van der Waals surface area contributed by atoms with Crippen LogP contribution < -0.4 is 26.2 Å². The Morgan fingerprint density at radius 2 is 0.954 bits per heavy atom. The summed E-state index contributed by atoms with van der Waals surface area (Å²) in [6.45, 7) is 14.1. The van der Waals surface area contributed by atoms with Gasteiger partial charge in [-0.3, -0.25) is 19.2 Å². The molecule has 5 aromatic rings. The molecule has 2 aliphatic heterocycles. The molecular formula is C50H61N11O4. The van der Waals surface area contributed by atoms with Gasteiger partial charge in [0.1, 0.15) is 24.2 Å². The monoisotopic (exact) mass is 879 g/mol. The van der Waals surface area contributed by atoms with Crippen LogP contribution in [0.3, 0.4) is 0 Å². The largest absolute Gasteiger partial charge is 0.363 e. The van der Waals surface area contributed by atoms with Gasteiger partial charge in [0.25, 0.3) is 0 Å². The number of nitrogens with zero attached hydrogens (tertiary/aromatic N) is 7. The zero-order valence-corrected chi connectivity index (χ0v) is 38.2. The maximum absolute atomic E-state index is 14.0. The van der Waals surface area contributed by atoms with Crippen molar-refractivity contribution in [3.63, 3.8) is 0 Å². The molecule has 4 heterocycles. The Bertz CT molecular complexity index is 2220. The highest BCUT2D eigenvalue weighted by atomic mass is 16.2. The Morgan fingerprint density at radius 3 is 1.32 bits per heavy atom. The van der Waals surface area contributed by atoms with Crippen LogP contribution in [0.25, 0.3) is 0 Å². The van der Waals surface area contributed by atoms with Crippen LogP contribution >= 0.6 is 0 Å². The molecule has 340 valence electrons. The molecule has 0 aliphatic carbocycles. The number of rotatable bonds is 15. The van der Waals surface area contributed by atoms with Crippen LogP contribution in [0.15, 0.2) is 116 Å². The van der Waals surface area contributed by atoms with Crippen LogP contribution in [0.4, 0.5) is 29.0 Å². The summed E-state index contributed by atoms with van der Waals surface area (Å²) in [4.78, 5) is 78.1. The van der Waals surface area contributed by atoms with Gasteiger partial charge in [0.15, 0.2) is 0 Å². The zero-order chi connectivity index (χ0) is 46.1. The number of amides is 4. The van der Waals surface area contributed by atoms with Gasteiger partial charge >= 0.3 is 0 Å². The number of hydrogen-bond donors (Lipinski definition) is 4. The predicted octanol–water partition coefficient (Wildman–Crippen LogP) is 7.39. The van der Waals surface area contributed by atoms with E-state index in [4.69, 9.17) is 0 Å². The minimum absolute atomic E-state index is 0.152. The van der Waals surface area contributed by atoms with E-state index in [1.165, 1.54) is 0 Å². The number of carbonyl (C=O) groups excluding carboxylic acids is 4. The van der Waals surface area contributed by atoms with Crippen LogP contribution in [-0.4, -0.2) is 90.6 Å². The fourth-order valence-corrected chi connectivity index (χ4v) is 8.40. The summed E-state index contributed by atoms with van der Waals surface area (Å²) < 4.78 is 0. The average molecular weight is 880 g/mol. The van der Waals surface area contributed by atoms with E-state index >= 15 is 0 Å². The van der Waals surface area contributed by atoms with E-state index in [1.54, 1.807) is 46.7 Å². The molecule has 65 heavy (non-hydrogen) atoms. The van der Waals surface area contributed by atoms with Gasteiger partial charge in [-0.1, -0.05) is 84.0 Å². The van der Waals surface area contributed by atoms with Gasteiger partial charge in [-0.05, 0) is 96.2 Å². The van der Waals surface area contributed by atoms with E-state index in [1.807, 2.05) is 108 Å². The standard InChI is InChI=1S/C50H61N11O4/c1-49(2,3)41(57-47-51-26-12-27-52-47)45(64)60-30-10-16-39(60)43(62)55-36-22-18-34(19-23-36)32-59(38-14-8-7-9-15-38)33-35-20-24-37(25-21-35)56-44(63)40-17-11-31-61(40)46(65)42(50(4,5)6)58-48-53-28-13-29-54-48/h7-9,12-15,18-29,39-42H,10-11,16-17,30-33H2,1-6H3,(H,55,62)(H,56,63)(H,51,52,57)(H,53,54,58)/t39-,40-,41+,42+/m0/s1. The molecule has 2 fully saturated rings. The van der Waals surface area contributed by atoms with Crippen molar-refractivity contribution >= 4 is 52.6 Å². The first kappa shape index (κ1) is 46.1. The molecular weight excluding hydrogens is 819 g/mol. The van der Waals surface area contributed by atoms with Crippen LogP contribution in [0.5, 0.6) is 0 Å². The van der Waals surface area contributed by atoms with E-state index in [0.29, 0.717) is 62.3 Å². The molecule has 0 spiro atoms. The first-order chi connectivity index (χ1) is 31.1. The van der Waals surface area contributed by atoms with Gasteiger partial charge in [-0.2, -0.15) is 0 Å². The number of hydrogen-bond acceptors (Lipinski definition) is 11. The normalized spacial score (nSPS) is 17.2. The number of benzene rings is 3. The summed E-state index contributed by atoms with van der Waals surface area (Å²) in [5, 5.41) is 12.5. The maximum Gasteiger partial charge on any atom is 0.247 e. The number of carbonyl (C=O) groups is 4. The molecule has 2 saturated heterocycles. The quantitative estimate of drug-likeness (QED) is 0.0825. The molecule has 0 bridgehead atoms. The lowest BCUT2D eigenvalue weighted by Crippen LogP contribution is -2.53. The lowest BCUT2D eigenvalue weighted by Gasteiger charge is -2.35. The van der Waals surface area contributed by atoms with Gasteiger partial charge < -0.3 is 36.0 Å². The summed E-state index contributed by atoms with van der Waals surface area (Å²) in [5.41, 5.74) is 3.54. The van der Waals surface area contributed by atoms with E-state index in [-0.39, 0.29) is 23.6 Å². The zero-order valence-electron chi connectivity index (χ0n) is 38.2. The molecule has 15 nitrogen and oxygen atoms in total. The molecule has 2 aromatic heterocycles. The molecule has 3 aromatic carbocycles. The second-order valence-corrected chi connectivity index (χ2v) is 19.0. The summed E-state index contributed by atoms with van der Waals surface area (Å²) in [5.74, 6) is 0.00280. The van der Waals surface area contributed by atoms with Crippen molar-refractivity contribution in [2.24, 2.45) is 10.8 Å². The highest BCUT2D eigenvalue weighted by Gasteiger charge is 2.43. The predicted molar refractivity (Wildman–Crippen MR) is 254 cm³/mol. The Kier molecular flexibility index (Phi) is 14.4. The summed E-state index contributed by atoms with van der Waals surface area (Å²) in [6.07, 6.45) is 9.13. The summed E-state index contributed by atoms with van der Waals surface area (Å²) >= 11 is 0. The third kappa shape index (κ3) is 11.8. The smallest absolute Gasteiger partial charge is 0.247 e. The van der Waals surface area contributed by atoms with Crippen molar-refractivity contribution < 1.29 is 19.2 Å². The van der Waals surface area contributed by atoms with Crippen LogP contribution in [-0.2, 0) is 32.3 Å². The lowest BCUT2D eigenvalue weighted by atomic mass is 9.85. The van der Waals surface area contributed by atoms with Gasteiger partial charge in [-0.15, -0.1) is 0 Å². The van der Waals surface area contributed by atoms with Crippen molar-refractivity contribution in [3.8, 4) is 0 Å². The second-order valence-electron chi connectivity index (χ2n) is 19.0. The second kappa shape index (κ2) is 20.3. The fraction of sp³-hybridized carbons (Fsp3) is 0.400. The number of aromatic nitrogens is 4. The Balaban J connectivity index is 0.965. The Hall–Kier alpha value is -6.90. The minimum atomic E-state index is -0.622. The van der Waals surface area contributed by atoms with Crippen molar-refractivity contribution in [1.82, 2.24) is 29.7 Å². The van der Waals surface area contributed by atoms with Crippen LogP contribution in [0, 0.1) is 10.8 Å². The molecule has 0 radical (unpaired) electrons. The third-order valence-electron chi connectivity index (χ3n) is 11.9. The topological polar surface area (TPSA) is 178 Å². The van der Waals surface area contributed by atoms with Crippen molar-refractivity contribution in [3.05, 3.63) is 127 Å². The van der Waals surface area contributed by atoms with Gasteiger partial charge in [0, 0.05) is 68.0 Å². The molecule has 0 saturated carbocycles. The molecule has 15 heteroatoms. The van der Waals surface area contributed by atoms with Crippen LogP contribution in [0.2, 0.25) is 0 Å². The average Bonchev–Trinajstić information content (AvgIpc) is 4.00. The number of para-hydroxylation sites is 1. The van der Waals surface area contributed by atoms with Crippen molar-refractivity contribution in [1.29, 1.82) is 0 Å². The highest BCUT2D eigenvalue weighted by molar-refractivity contribution is 5.99. The Labute approximate surface area is 381 Å². The van der Waals surface area contributed by atoms with E-state index in [9.17, 15) is 19.2 Å². The Morgan fingerprint density at radius 1 is 0.569 bits per heavy atom. The highest BCUT2D eigenvalue weighted by Crippen LogP contribution is 2.30. The van der Waals surface area contributed by atoms with Crippen LogP contribution in [0.1, 0.15) is 78.4 Å². The van der Waals surface area contributed by atoms with E-state index in [0.717, 1.165) is 29.7 Å². The molecule has 4 atom stereocenters. The van der Waals surface area contributed by atoms with Gasteiger partial charge in [0.2, 0.25) is 35.5 Å². The first-order valence-corrected chi connectivity index (χ1v) is 22.4. The summed E-state index contributed by atoms with van der Waals surface area (Å²) in [6, 6.07) is 26.8. The minimum Gasteiger partial charge on any atom is -0.363 e. The molecule has 2 aliphatic rings. The number of likely N-dealkylation sites (tertiary alicyclic amines) is 2. The van der Waals surface area contributed by atoms with E-state index in [2.05, 4.69) is 58.2 Å². The SMILES string of the molecule is CC(C)(C)[C@H](Nc1ncccn1)C(=O)N1CCC[C@H]1C(=O)Nc1ccc(CN(Cc2ccc(NC(=O)[C@@H]3CCCN3C(=O)[C@@H](Nc3ncccn3)C(C)(C)C)cc2)c2ccccc2)cc1. The van der Waals surface area contributed by atoms with Crippen molar-refractivity contribution in [2.75, 3.05) is 39.3 Å². The molecule has 0 unspecified atom stereocenters. The fourth-order valence-electron chi connectivity index (χ4n) is 8.40. The maximum atomic E-state index is 14.0. The molecule has 4 amide bonds. The number of nitrogens with one attached hydrogen (secondary N) is 4. The van der Waals surface area contributed by atoms with E-state index < -0.39 is 35.0 Å². The first-order valence-electron chi connectivity index (χ1n) is 22.4. The third-order valence-corrected chi connectivity index (χ3v) is 11.9. The van der Waals surface area contributed by atoms with Gasteiger partial charge in [-0.25, -0.2) is 19.9 Å². The summed E-state index contributed by atoms with van der Waals surface area (Å²) in [7, 11) is 0. The number of anilines is 5. The van der Waals surface area contributed by atoms with Gasteiger partial charge in [0.05, 0.1) is 0 Å². The van der Waals surface area contributed by atoms with Crippen molar-refractivity contribution in [2.45, 2.75) is 104 Å². The lowest BCUT2D eigenvalue weighted by molar-refractivity contribution is -0.139.